The van der Waals surface area contributed by atoms with Gasteiger partial charge in [0.15, 0.2) is 5.72 Å². The highest BCUT2D eigenvalue weighted by atomic mass is 16.5. The van der Waals surface area contributed by atoms with Crippen LogP contribution in [0.4, 0.5) is 0 Å². The van der Waals surface area contributed by atoms with Gasteiger partial charge in [-0.1, -0.05) is 24.6 Å². The minimum Gasteiger partial charge on any atom is -0.481 e. The molecule has 1 saturated carbocycles. The Morgan fingerprint density at radius 3 is 2.91 bits per heavy atom. The Kier molecular flexibility index (Phi) is 2.77. The van der Waals surface area contributed by atoms with Crippen molar-refractivity contribution >= 4 is 11.9 Å². The van der Waals surface area contributed by atoms with Gasteiger partial charge in [-0.3, -0.25) is 9.59 Å². The summed E-state index contributed by atoms with van der Waals surface area (Å²) >= 11 is 0. The summed E-state index contributed by atoms with van der Waals surface area (Å²) in [5, 5.41) is 9.66. The van der Waals surface area contributed by atoms with Crippen LogP contribution >= 0.6 is 0 Å². The maximum Gasteiger partial charge on any atom is 0.316 e. The van der Waals surface area contributed by atoms with Gasteiger partial charge in [0.2, 0.25) is 5.91 Å². The predicted octanol–water partition coefficient (Wildman–Crippen LogP) is 2.22. The molecule has 22 heavy (non-hydrogen) atoms. The van der Waals surface area contributed by atoms with Crippen molar-refractivity contribution in [2.24, 2.45) is 11.8 Å². The van der Waals surface area contributed by atoms with Crippen LogP contribution in [0.3, 0.4) is 0 Å². The highest BCUT2D eigenvalue weighted by Gasteiger charge is 2.63. The fraction of sp³-hybridized carbons (Fsp3) is 0.529. The van der Waals surface area contributed by atoms with E-state index < -0.39 is 17.6 Å². The molecule has 2 heterocycles. The maximum atomic E-state index is 12.7. The Hall–Kier alpha value is -2.04. The van der Waals surface area contributed by atoms with Crippen LogP contribution < -0.4 is 4.74 Å². The lowest BCUT2D eigenvalue weighted by Gasteiger charge is -2.59. The molecule has 1 aromatic carbocycles. The van der Waals surface area contributed by atoms with Crippen LogP contribution in [-0.2, 0) is 9.59 Å². The number of likely N-dealkylation sites (tertiary alicyclic amines) is 1. The molecule has 1 aliphatic carbocycles. The van der Waals surface area contributed by atoms with E-state index in [0.29, 0.717) is 0 Å². The molecule has 0 spiro atoms. The van der Waals surface area contributed by atoms with Crippen molar-refractivity contribution in [1.29, 1.82) is 0 Å². The van der Waals surface area contributed by atoms with Gasteiger partial charge in [-0.25, -0.2) is 0 Å². The van der Waals surface area contributed by atoms with E-state index in [4.69, 9.17) is 4.74 Å². The number of hydrogen-bond donors (Lipinski definition) is 1. The Labute approximate surface area is 128 Å². The summed E-state index contributed by atoms with van der Waals surface area (Å²) in [6.45, 7) is 0. The number of nitrogens with zero attached hydrogens (tertiary/aromatic N) is 1. The molecule has 1 saturated heterocycles. The summed E-state index contributed by atoms with van der Waals surface area (Å²) in [6, 6.07) is 7.58. The summed E-state index contributed by atoms with van der Waals surface area (Å²) in [7, 11) is 1.70. The number of benzene rings is 1. The average Bonchev–Trinajstić information content (AvgIpc) is 2.52. The number of fused-ring (bicyclic) bond motifs is 2. The normalized spacial score (nSPS) is 36.1. The molecule has 2 fully saturated rings. The van der Waals surface area contributed by atoms with Crippen LogP contribution in [0.15, 0.2) is 24.3 Å². The van der Waals surface area contributed by atoms with Crippen molar-refractivity contribution in [3.8, 4) is 5.75 Å². The first-order chi connectivity index (χ1) is 10.6. The summed E-state index contributed by atoms with van der Waals surface area (Å²) in [5.74, 6) is -1.86. The molecule has 0 radical (unpaired) electrons. The molecule has 2 aliphatic heterocycles. The van der Waals surface area contributed by atoms with Crippen LogP contribution in [0, 0.1) is 11.8 Å². The summed E-state index contributed by atoms with van der Waals surface area (Å²) in [4.78, 5) is 26.1. The molecule has 2 bridgehead atoms. The second-order valence-corrected chi connectivity index (χ2v) is 6.58. The number of carboxylic acid groups (broad SMARTS) is 1. The fourth-order valence-corrected chi connectivity index (χ4v) is 4.70. The van der Waals surface area contributed by atoms with E-state index >= 15 is 0 Å². The number of para-hydroxylation sites is 1. The Bertz CT molecular complexity index is 658. The lowest BCUT2D eigenvalue weighted by Crippen LogP contribution is -2.69. The number of carboxylic acids is 1. The monoisotopic (exact) mass is 301 g/mol. The molecule has 1 aromatic rings. The topological polar surface area (TPSA) is 66.8 Å². The van der Waals surface area contributed by atoms with E-state index in [1.807, 2.05) is 24.3 Å². The van der Waals surface area contributed by atoms with Gasteiger partial charge in [0.1, 0.15) is 11.7 Å². The molecule has 0 aromatic heterocycles. The van der Waals surface area contributed by atoms with Crippen molar-refractivity contribution < 1.29 is 19.4 Å². The quantitative estimate of drug-likeness (QED) is 0.808. The number of hydrogen-bond acceptors (Lipinski definition) is 3. The zero-order valence-corrected chi connectivity index (χ0v) is 12.5. The SMILES string of the molecule is CN1C(=O)[C@H](C(=O)O)[C@@H]2c3ccccc3O[C@@]13CCCC[C@H]23. The van der Waals surface area contributed by atoms with Crippen molar-refractivity contribution in [2.75, 3.05) is 7.05 Å². The van der Waals surface area contributed by atoms with E-state index in [-0.39, 0.29) is 17.7 Å². The highest BCUT2D eigenvalue weighted by Crippen LogP contribution is 2.58. The number of piperidine rings is 1. The molecule has 4 atom stereocenters. The number of rotatable bonds is 1. The summed E-state index contributed by atoms with van der Waals surface area (Å²) in [6.07, 6.45) is 3.74. The van der Waals surface area contributed by atoms with Crippen LogP contribution in [0.25, 0.3) is 0 Å². The molecule has 0 unspecified atom stereocenters. The minimum absolute atomic E-state index is 0.0555. The zero-order valence-electron chi connectivity index (χ0n) is 12.5. The van der Waals surface area contributed by atoms with E-state index in [0.717, 1.165) is 37.0 Å². The van der Waals surface area contributed by atoms with E-state index in [9.17, 15) is 14.7 Å². The van der Waals surface area contributed by atoms with Gasteiger partial charge in [-0.2, -0.15) is 0 Å². The third kappa shape index (κ3) is 1.54. The molecule has 5 nitrogen and oxygen atoms in total. The third-order valence-corrected chi connectivity index (χ3v) is 5.67. The molecule has 4 rings (SSSR count). The van der Waals surface area contributed by atoms with E-state index in [2.05, 4.69) is 0 Å². The van der Waals surface area contributed by atoms with Crippen LogP contribution in [0.5, 0.6) is 5.75 Å². The van der Waals surface area contributed by atoms with Crippen molar-refractivity contribution in [3.05, 3.63) is 29.8 Å². The average molecular weight is 301 g/mol. The lowest BCUT2D eigenvalue weighted by atomic mass is 9.61. The second-order valence-electron chi connectivity index (χ2n) is 6.58. The lowest BCUT2D eigenvalue weighted by molar-refractivity contribution is -0.204. The molecule has 3 aliphatic rings. The van der Waals surface area contributed by atoms with Gasteiger partial charge in [0.25, 0.3) is 0 Å². The van der Waals surface area contributed by atoms with Gasteiger partial charge in [0, 0.05) is 25.3 Å². The number of ether oxygens (including phenoxy) is 1. The third-order valence-electron chi connectivity index (χ3n) is 5.67. The van der Waals surface area contributed by atoms with Gasteiger partial charge in [-0.05, 0) is 24.5 Å². The van der Waals surface area contributed by atoms with Crippen LogP contribution in [0.2, 0.25) is 0 Å². The molecule has 116 valence electrons. The predicted molar refractivity (Wildman–Crippen MR) is 78.4 cm³/mol. The number of carbonyl (C=O) groups is 2. The fourth-order valence-electron chi connectivity index (χ4n) is 4.70. The van der Waals surface area contributed by atoms with Crippen molar-refractivity contribution in [2.45, 2.75) is 37.3 Å². The largest absolute Gasteiger partial charge is 0.481 e. The second kappa shape index (κ2) is 4.48. The van der Waals surface area contributed by atoms with E-state index in [1.54, 1.807) is 11.9 Å². The minimum atomic E-state index is -1.03. The Morgan fingerprint density at radius 2 is 2.14 bits per heavy atom. The molecule has 1 amide bonds. The first kappa shape index (κ1) is 13.6. The van der Waals surface area contributed by atoms with Gasteiger partial charge in [-0.15, -0.1) is 0 Å². The highest BCUT2D eigenvalue weighted by molar-refractivity contribution is 5.99. The van der Waals surface area contributed by atoms with Crippen molar-refractivity contribution in [1.82, 2.24) is 4.90 Å². The maximum absolute atomic E-state index is 12.7. The first-order valence-electron chi connectivity index (χ1n) is 7.85. The number of aliphatic carboxylic acids is 1. The summed E-state index contributed by atoms with van der Waals surface area (Å²) < 4.78 is 6.32. The van der Waals surface area contributed by atoms with Crippen LogP contribution in [0.1, 0.15) is 37.2 Å². The van der Waals surface area contributed by atoms with Crippen molar-refractivity contribution in [3.63, 3.8) is 0 Å². The number of carbonyl (C=O) groups excluding carboxylic acids is 1. The van der Waals surface area contributed by atoms with E-state index in [1.165, 1.54) is 0 Å². The molecule has 5 heteroatoms. The molecular formula is C17H19NO4. The smallest absolute Gasteiger partial charge is 0.316 e. The first-order valence-corrected chi connectivity index (χ1v) is 7.85. The number of amides is 1. The van der Waals surface area contributed by atoms with Gasteiger partial charge in [0.05, 0.1) is 0 Å². The Morgan fingerprint density at radius 1 is 1.36 bits per heavy atom. The Balaban J connectivity index is 1.96. The van der Waals surface area contributed by atoms with Gasteiger partial charge >= 0.3 is 5.97 Å². The zero-order chi connectivity index (χ0) is 15.5. The standard InChI is InChI=1S/C17H19NO4/c1-18-15(19)14(16(20)21)13-10-6-2-3-8-12(10)22-17(18)9-5-4-7-11(13)17/h2-3,6,8,11,13-14H,4-5,7,9H2,1H3,(H,20,21)/t11-,13-,14-,17-/m1/s1. The molecular weight excluding hydrogens is 282 g/mol. The summed E-state index contributed by atoms with van der Waals surface area (Å²) in [5.41, 5.74) is 0.208. The van der Waals surface area contributed by atoms with Crippen LogP contribution in [-0.4, -0.2) is 34.7 Å². The van der Waals surface area contributed by atoms with Gasteiger partial charge < -0.3 is 14.7 Å². The molecule has 1 N–H and O–H groups in total.